The Morgan fingerprint density at radius 2 is 1.57 bits per heavy atom. The van der Waals surface area contributed by atoms with Crippen molar-refractivity contribution in [1.82, 2.24) is 26.6 Å². The van der Waals surface area contributed by atoms with E-state index in [1.54, 1.807) is 26.0 Å². The number of fused-ring (bicyclic) bond motifs is 15. The van der Waals surface area contributed by atoms with Crippen LogP contribution in [-0.2, 0) is 36.8 Å². The Hall–Kier alpha value is -4.41. The Morgan fingerprint density at radius 3 is 2.17 bits per heavy atom. The Labute approximate surface area is 271 Å². The third kappa shape index (κ3) is 9.55. The zero-order valence-corrected chi connectivity index (χ0v) is 27.4. The van der Waals surface area contributed by atoms with Crippen LogP contribution in [0.3, 0.4) is 0 Å². The summed E-state index contributed by atoms with van der Waals surface area (Å²) in [7, 11) is 0. The molecule has 5 amide bonds. The lowest BCUT2D eigenvalue weighted by molar-refractivity contribution is -0.135. The van der Waals surface area contributed by atoms with Crippen molar-refractivity contribution in [2.75, 3.05) is 6.61 Å². The van der Waals surface area contributed by atoms with Crippen molar-refractivity contribution in [3.63, 3.8) is 0 Å². The van der Waals surface area contributed by atoms with Crippen molar-refractivity contribution < 1.29 is 28.7 Å². The molecule has 4 atom stereocenters. The van der Waals surface area contributed by atoms with Gasteiger partial charge < -0.3 is 31.3 Å². The molecule has 1 spiro atoms. The van der Waals surface area contributed by atoms with Gasteiger partial charge in [-0.2, -0.15) is 0 Å². The van der Waals surface area contributed by atoms with Crippen LogP contribution < -0.4 is 31.3 Å². The van der Waals surface area contributed by atoms with Gasteiger partial charge in [-0.05, 0) is 55.4 Å². The first kappa shape index (κ1) is 34.5. The maximum atomic E-state index is 13.7. The molecule has 5 rings (SSSR count). The van der Waals surface area contributed by atoms with Gasteiger partial charge in [0, 0.05) is 18.8 Å². The van der Waals surface area contributed by atoms with E-state index in [0.717, 1.165) is 11.1 Å². The highest BCUT2D eigenvalue weighted by atomic mass is 16.5. The number of hydrogen-bond acceptors (Lipinski definition) is 6. The van der Waals surface area contributed by atoms with E-state index in [1.165, 1.54) is 6.92 Å². The lowest BCUT2D eigenvalue weighted by Crippen LogP contribution is -2.60. The third-order valence-corrected chi connectivity index (χ3v) is 8.28. The summed E-state index contributed by atoms with van der Waals surface area (Å²) in [6.45, 7) is 9.34. The first-order valence-corrected chi connectivity index (χ1v) is 16.1. The summed E-state index contributed by atoms with van der Waals surface area (Å²) in [6.07, 6.45) is 1.91. The normalized spacial score (nSPS) is 24.0. The van der Waals surface area contributed by atoms with E-state index in [2.05, 4.69) is 40.4 Å². The lowest BCUT2D eigenvalue weighted by Gasteiger charge is -2.27. The molecule has 46 heavy (non-hydrogen) atoms. The summed E-state index contributed by atoms with van der Waals surface area (Å²) in [5.74, 6) is -1.63. The van der Waals surface area contributed by atoms with Gasteiger partial charge in [-0.1, -0.05) is 70.2 Å². The standard InChI is InChI=1S/C35H47N5O6/c1-21(2)17-26-20-46-27-13-11-25(12-14-27)19-28(38-30(41)22(3)4)32(43)36-23(5)31(42)40-35(15-16-35)34(45)39-29(33(44)37-26)18-24-9-7-6-8-10-24/h6-14,21-23,26,28-29H,15-20H2,1-5H3,(H,36,43)(H,37,44)(H,38,41)(H,39,45)(H,40,42)/t23-,26+,28+,29-/m1/s1. The summed E-state index contributed by atoms with van der Waals surface area (Å²) in [4.78, 5) is 66.6. The summed E-state index contributed by atoms with van der Waals surface area (Å²) in [5, 5.41) is 14.3. The highest BCUT2D eigenvalue weighted by molar-refractivity contribution is 5.99. The summed E-state index contributed by atoms with van der Waals surface area (Å²) in [5.41, 5.74) is 0.477. The molecule has 1 saturated carbocycles. The fourth-order valence-electron chi connectivity index (χ4n) is 5.35. The van der Waals surface area contributed by atoms with Gasteiger partial charge in [-0.25, -0.2) is 0 Å². The van der Waals surface area contributed by atoms with E-state index < -0.39 is 41.4 Å². The van der Waals surface area contributed by atoms with Crippen LogP contribution in [0.2, 0.25) is 0 Å². The van der Waals surface area contributed by atoms with Crippen LogP contribution in [-0.4, -0.2) is 65.8 Å². The fraction of sp³-hybridized carbons (Fsp3) is 0.514. The minimum atomic E-state index is -1.18. The Balaban J connectivity index is 1.63. The third-order valence-electron chi connectivity index (χ3n) is 8.28. The van der Waals surface area contributed by atoms with E-state index in [4.69, 9.17) is 4.74 Å². The number of ether oxygens (including phenoxy) is 1. The smallest absolute Gasteiger partial charge is 0.246 e. The monoisotopic (exact) mass is 633 g/mol. The lowest BCUT2D eigenvalue weighted by atomic mass is 10.0. The van der Waals surface area contributed by atoms with Crippen LogP contribution in [0.25, 0.3) is 0 Å². The van der Waals surface area contributed by atoms with Crippen LogP contribution in [0.4, 0.5) is 0 Å². The Morgan fingerprint density at radius 1 is 0.891 bits per heavy atom. The van der Waals surface area contributed by atoms with Gasteiger partial charge in [-0.3, -0.25) is 24.0 Å². The quantitative estimate of drug-likeness (QED) is 0.307. The van der Waals surface area contributed by atoms with Crippen molar-refractivity contribution >= 4 is 29.5 Å². The highest BCUT2D eigenvalue weighted by Gasteiger charge is 2.52. The number of carbonyl (C=O) groups is 5. The Bertz CT molecular complexity index is 1390. The molecule has 3 aliphatic rings. The van der Waals surface area contributed by atoms with Crippen LogP contribution in [0, 0.1) is 11.8 Å². The number of benzene rings is 2. The largest absolute Gasteiger partial charge is 0.491 e. The predicted octanol–water partition coefficient (Wildman–Crippen LogP) is 2.17. The number of amides is 5. The van der Waals surface area contributed by atoms with E-state index >= 15 is 0 Å². The maximum absolute atomic E-state index is 13.7. The van der Waals surface area contributed by atoms with E-state index in [-0.39, 0.29) is 49.1 Å². The molecule has 2 aliphatic heterocycles. The summed E-state index contributed by atoms with van der Waals surface area (Å²) in [6, 6.07) is 13.5. The summed E-state index contributed by atoms with van der Waals surface area (Å²) < 4.78 is 6.09. The molecular weight excluding hydrogens is 586 g/mol. The van der Waals surface area contributed by atoms with Crippen molar-refractivity contribution in [2.45, 2.75) is 96.4 Å². The van der Waals surface area contributed by atoms with Crippen LogP contribution >= 0.6 is 0 Å². The van der Waals surface area contributed by atoms with E-state index in [1.807, 2.05) is 42.5 Å². The van der Waals surface area contributed by atoms with E-state index in [0.29, 0.717) is 25.0 Å². The van der Waals surface area contributed by atoms with Crippen molar-refractivity contribution in [2.24, 2.45) is 11.8 Å². The number of carbonyl (C=O) groups excluding carboxylic acids is 5. The van der Waals surface area contributed by atoms with Gasteiger partial charge >= 0.3 is 0 Å². The second kappa shape index (κ2) is 15.2. The zero-order valence-electron chi connectivity index (χ0n) is 27.4. The molecule has 2 aromatic carbocycles. The number of rotatable bonds is 6. The first-order chi connectivity index (χ1) is 21.8. The van der Waals surface area contributed by atoms with Gasteiger partial charge in [-0.15, -0.1) is 0 Å². The van der Waals surface area contributed by atoms with Gasteiger partial charge in [0.05, 0.1) is 6.04 Å². The molecule has 5 N–H and O–H groups in total. The maximum Gasteiger partial charge on any atom is 0.246 e. The van der Waals surface area contributed by atoms with Crippen LogP contribution in [0.15, 0.2) is 54.6 Å². The molecule has 0 unspecified atom stereocenters. The average molecular weight is 634 g/mol. The molecular formula is C35H47N5O6. The van der Waals surface area contributed by atoms with Crippen LogP contribution in [0.1, 0.15) is 65.0 Å². The Kier molecular flexibility index (Phi) is 11.4. The highest BCUT2D eigenvalue weighted by Crippen LogP contribution is 2.36. The molecule has 1 aliphatic carbocycles. The summed E-state index contributed by atoms with van der Waals surface area (Å²) >= 11 is 0. The topological polar surface area (TPSA) is 155 Å². The van der Waals surface area contributed by atoms with Crippen molar-refractivity contribution in [1.29, 1.82) is 0 Å². The zero-order chi connectivity index (χ0) is 33.4. The molecule has 248 valence electrons. The molecule has 11 nitrogen and oxygen atoms in total. The second-order valence-corrected chi connectivity index (χ2v) is 13.2. The van der Waals surface area contributed by atoms with Crippen molar-refractivity contribution in [3.05, 3.63) is 65.7 Å². The van der Waals surface area contributed by atoms with E-state index in [9.17, 15) is 24.0 Å². The predicted molar refractivity (Wildman–Crippen MR) is 174 cm³/mol. The second-order valence-electron chi connectivity index (χ2n) is 13.2. The molecule has 2 bridgehead atoms. The molecule has 11 heteroatoms. The average Bonchev–Trinajstić information content (AvgIpc) is 3.80. The molecule has 0 aromatic heterocycles. The van der Waals surface area contributed by atoms with Gasteiger partial charge in [0.2, 0.25) is 29.5 Å². The minimum Gasteiger partial charge on any atom is -0.491 e. The van der Waals surface area contributed by atoms with Gasteiger partial charge in [0.1, 0.15) is 36.0 Å². The first-order valence-electron chi connectivity index (χ1n) is 16.1. The van der Waals surface area contributed by atoms with Gasteiger partial charge in [0.15, 0.2) is 0 Å². The molecule has 1 fully saturated rings. The molecule has 2 heterocycles. The van der Waals surface area contributed by atoms with Gasteiger partial charge in [0.25, 0.3) is 0 Å². The minimum absolute atomic E-state index is 0.195. The van der Waals surface area contributed by atoms with Crippen molar-refractivity contribution in [3.8, 4) is 5.75 Å². The fourth-order valence-corrected chi connectivity index (χ4v) is 5.35. The molecule has 0 saturated heterocycles. The molecule has 2 aromatic rings. The van der Waals surface area contributed by atoms with Crippen LogP contribution in [0.5, 0.6) is 5.75 Å². The number of hydrogen-bond donors (Lipinski definition) is 5. The SMILES string of the molecule is CC(C)C[C@H]1COc2ccc(cc2)C[C@H](NC(=O)C(C)C)C(=O)N[C@H](C)C(=O)NC2(CC2)C(=O)N[C@H](Cc2ccccc2)C(=O)N1. The number of nitrogens with one attached hydrogen (secondary N) is 5. The molecule has 0 radical (unpaired) electrons.